The number of rotatable bonds is 16. The molecule has 5 nitrogen and oxygen atoms in total. The van der Waals surface area contributed by atoms with Crippen LogP contribution >= 0.6 is 0 Å². The van der Waals surface area contributed by atoms with Gasteiger partial charge in [-0.2, -0.15) is 13.2 Å². The Morgan fingerprint density at radius 3 is 2.50 bits per heavy atom. The standard InChI is InChI=1S/C22H42F3N3O2/c1-4-7-8-9-13-19(11-5-2)28(6-3)21(29)20(27-17-22(23,24)25)16-30-15-18-12-10-14-26-18/h18-20,26-27H,4-17H2,1-3H3/t18-,19?,20?/m1/s1. The van der Waals surface area contributed by atoms with Gasteiger partial charge in [0.1, 0.15) is 6.04 Å². The summed E-state index contributed by atoms with van der Waals surface area (Å²) >= 11 is 0. The molecule has 8 heteroatoms. The number of carbonyl (C=O) groups excluding carboxylic acids is 1. The summed E-state index contributed by atoms with van der Waals surface area (Å²) in [6.07, 6.45) is 4.86. The minimum absolute atomic E-state index is 0.0434. The average Bonchev–Trinajstić information content (AvgIpc) is 3.21. The molecule has 30 heavy (non-hydrogen) atoms. The average molecular weight is 438 g/mol. The summed E-state index contributed by atoms with van der Waals surface area (Å²) in [5.74, 6) is -0.282. The molecule has 0 aliphatic carbocycles. The largest absolute Gasteiger partial charge is 0.401 e. The molecule has 2 N–H and O–H groups in total. The third-order valence-corrected chi connectivity index (χ3v) is 5.69. The molecule has 1 fully saturated rings. The van der Waals surface area contributed by atoms with Crippen LogP contribution in [0.2, 0.25) is 0 Å². The number of ether oxygens (including phenoxy) is 1. The molecule has 1 rings (SSSR count). The minimum Gasteiger partial charge on any atom is -0.378 e. The lowest BCUT2D eigenvalue weighted by Crippen LogP contribution is -2.54. The Morgan fingerprint density at radius 2 is 1.93 bits per heavy atom. The normalized spacial score (nSPS) is 19.1. The highest BCUT2D eigenvalue weighted by Gasteiger charge is 2.33. The highest BCUT2D eigenvalue weighted by Crippen LogP contribution is 2.18. The van der Waals surface area contributed by atoms with Crippen molar-refractivity contribution in [3.8, 4) is 0 Å². The maximum Gasteiger partial charge on any atom is 0.401 e. The summed E-state index contributed by atoms with van der Waals surface area (Å²) in [6, 6.07) is -0.698. The van der Waals surface area contributed by atoms with Crippen LogP contribution in [0, 0.1) is 0 Å². The van der Waals surface area contributed by atoms with Crippen LogP contribution in [-0.4, -0.2) is 68.0 Å². The molecule has 1 heterocycles. The van der Waals surface area contributed by atoms with Gasteiger partial charge in [0.15, 0.2) is 0 Å². The van der Waals surface area contributed by atoms with Crippen LogP contribution < -0.4 is 10.6 Å². The smallest absolute Gasteiger partial charge is 0.378 e. The van der Waals surface area contributed by atoms with Gasteiger partial charge in [-0.15, -0.1) is 0 Å². The summed E-state index contributed by atoms with van der Waals surface area (Å²) in [4.78, 5) is 15.0. The molecule has 0 saturated carbocycles. The predicted molar refractivity (Wildman–Crippen MR) is 115 cm³/mol. The van der Waals surface area contributed by atoms with E-state index < -0.39 is 18.8 Å². The number of hydrogen-bond donors (Lipinski definition) is 2. The third kappa shape index (κ3) is 11.0. The highest BCUT2D eigenvalue weighted by molar-refractivity contribution is 5.82. The summed E-state index contributed by atoms with van der Waals surface area (Å²) in [5, 5.41) is 5.71. The van der Waals surface area contributed by atoms with E-state index in [9.17, 15) is 18.0 Å². The van der Waals surface area contributed by atoms with Crippen LogP contribution in [0.25, 0.3) is 0 Å². The van der Waals surface area contributed by atoms with Crippen molar-refractivity contribution in [1.29, 1.82) is 0 Å². The van der Waals surface area contributed by atoms with E-state index in [1.807, 2.05) is 6.92 Å². The van der Waals surface area contributed by atoms with Gasteiger partial charge in [0.05, 0.1) is 19.8 Å². The molecule has 2 unspecified atom stereocenters. The fourth-order valence-electron chi connectivity index (χ4n) is 4.07. The summed E-state index contributed by atoms with van der Waals surface area (Å²) < 4.78 is 44.1. The van der Waals surface area contributed by atoms with E-state index in [0.717, 1.165) is 64.3 Å². The van der Waals surface area contributed by atoms with Crippen molar-refractivity contribution in [2.75, 3.05) is 32.8 Å². The van der Waals surface area contributed by atoms with Crippen molar-refractivity contribution in [3.63, 3.8) is 0 Å². The van der Waals surface area contributed by atoms with Gasteiger partial charge < -0.3 is 15.0 Å². The fourth-order valence-corrected chi connectivity index (χ4v) is 4.07. The second-order valence-electron chi connectivity index (χ2n) is 8.30. The van der Waals surface area contributed by atoms with E-state index in [0.29, 0.717) is 13.2 Å². The van der Waals surface area contributed by atoms with E-state index in [2.05, 4.69) is 24.5 Å². The van der Waals surface area contributed by atoms with Crippen molar-refractivity contribution in [3.05, 3.63) is 0 Å². The quantitative estimate of drug-likeness (QED) is 0.354. The molecule has 0 aromatic rings. The first-order valence-electron chi connectivity index (χ1n) is 11.7. The minimum atomic E-state index is -4.37. The van der Waals surface area contributed by atoms with Gasteiger partial charge in [0.25, 0.3) is 0 Å². The van der Waals surface area contributed by atoms with Gasteiger partial charge in [-0.25, -0.2) is 0 Å². The monoisotopic (exact) mass is 437 g/mol. The van der Waals surface area contributed by atoms with Crippen LogP contribution in [-0.2, 0) is 9.53 Å². The van der Waals surface area contributed by atoms with Gasteiger partial charge in [0, 0.05) is 18.6 Å². The van der Waals surface area contributed by atoms with Crippen LogP contribution in [0.4, 0.5) is 13.2 Å². The Kier molecular flexibility index (Phi) is 13.6. The fraction of sp³-hybridized carbons (Fsp3) is 0.955. The number of nitrogens with one attached hydrogen (secondary N) is 2. The third-order valence-electron chi connectivity index (χ3n) is 5.69. The van der Waals surface area contributed by atoms with E-state index >= 15 is 0 Å². The SMILES string of the molecule is CCCCCCC(CCC)N(CC)C(=O)C(COC[C@H]1CCCN1)NCC(F)(F)F. The highest BCUT2D eigenvalue weighted by atomic mass is 19.4. The van der Waals surface area contributed by atoms with Crippen molar-refractivity contribution in [1.82, 2.24) is 15.5 Å². The first-order valence-corrected chi connectivity index (χ1v) is 11.7. The number of likely N-dealkylation sites (N-methyl/N-ethyl adjacent to an activating group) is 1. The Labute approximate surface area is 180 Å². The lowest BCUT2D eigenvalue weighted by Gasteiger charge is -2.34. The van der Waals surface area contributed by atoms with Crippen LogP contribution in [0.15, 0.2) is 0 Å². The Balaban J connectivity index is 2.74. The number of halogens is 3. The number of nitrogens with zero attached hydrogens (tertiary/aromatic N) is 1. The molecule has 1 saturated heterocycles. The first-order chi connectivity index (χ1) is 14.3. The Morgan fingerprint density at radius 1 is 1.17 bits per heavy atom. The Bertz CT molecular complexity index is 457. The molecule has 1 aliphatic heterocycles. The van der Waals surface area contributed by atoms with Gasteiger partial charge in [0.2, 0.25) is 5.91 Å². The predicted octanol–water partition coefficient (Wildman–Crippen LogP) is 4.26. The topological polar surface area (TPSA) is 53.6 Å². The molecule has 0 aromatic carbocycles. The molecule has 0 bridgehead atoms. The Hall–Kier alpha value is -0.860. The molecule has 1 amide bonds. The van der Waals surface area contributed by atoms with Crippen LogP contribution in [0.3, 0.4) is 0 Å². The van der Waals surface area contributed by atoms with Gasteiger partial charge in [-0.1, -0.05) is 46.0 Å². The van der Waals surface area contributed by atoms with Crippen molar-refractivity contribution in [2.24, 2.45) is 0 Å². The molecule has 0 aromatic heterocycles. The van der Waals surface area contributed by atoms with E-state index in [-0.39, 0.29) is 24.6 Å². The molecule has 3 atom stereocenters. The lowest BCUT2D eigenvalue weighted by atomic mass is 10.0. The van der Waals surface area contributed by atoms with E-state index in [1.165, 1.54) is 0 Å². The van der Waals surface area contributed by atoms with Gasteiger partial charge >= 0.3 is 6.18 Å². The van der Waals surface area contributed by atoms with Crippen LogP contribution in [0.1, 0.15) is 78.6 Å². The summed E-state index contributed by atoms with van der Waals surface area (Å²) in [5.41, 5.74) is 0. The molecule has 0 radical (unpaired) electrons. The second-order valence-corrected chi connectivity index (χ2v) is 8.30. The van der Waals surface area contributed by atoms with E-state index in [1.54, 1.807) is 4.90 Å². The maximum absolute atomic E-state index is 13.2. The summed E-state index contributed by atoms with van der Waals surface area (Å²) in [7, 11) is 0. The molecule has 178 valence electrons. The number of amides is 1. The van der Waals surface area contributed by atoms with Gasteiger partial charge in [-0.05, 0) is 39.2 Å². The zero-order valence-corrected chi connectivity index (χ0v) is 19.0. The van der Waals surface area contributed by atoms with Crippen molar-refractivity contribution in [2.45, 2.75) is 103 Å². The number of carbonyl (C=O) groups is 1. The molecular formula is C22H42F3N3O2. The zero-order valence-electron chi connectivity index (χ0n) is 19.0. The van der Waals surface area contributed by atoms with Crippen molar-refractivity contribution >= 4 is 5.91 Å². The van der Waals surface area contributed by atoms with Crippen molar-refractivity contribution < 1.29 is 22.7 Å². The van der Waals surface area contributed by atoms with E-state index in [4.69, 9.17) is 4.74 Å². The number of unbranched alkanes of at least 4 members (excludes halogenated alkanes) is 3. The number of hydrogen-bond acceptors (Lipinski definition) is 4. The molecular weight excluding hydrogens is 395 g/mol. The molecule has 1 aliphatic rings. The first kappa shape index (κ1) is 27.2. The summed E-state index contributed by atoms with van der Waals surface area (Å²) in [6.45, 7) is 6.74. The lowest BCUT2D eigenvalue weighted by molar-refractivity contribution is -0.142. The zero-order chi connectivity index (χ0) is 22.4. The maximum atomic E-state index is 13.2. The second kappa shape index (κ2) is 15.0. The number of alkyl halides is 3. The molecule has 0 spiro atoms. The van der Waals surface area contributed by atoms with Crippen LogP contribution in [0.5, 0.6) is 0 Å². The van der Waals surface area contributed by atoms with Gasteiger partial charge in [-0.3, -0.25) is 10.1 Å².